The molecule has 0 saturated carbocycles. The molecule has 0 atom stereocenters. The molecule has 1 rings (SSSR count). The second kappa shape index (κ2) is 5.63. The summed E-state index contributed by atoms with van der Waals surface area (Å²) in [6.07, 6.45) is 0. The molecule has 2 nitrogen and oxygen atoms in total. The van der Waals surface area contributed by atoms with Gasteiger partial charge >= 0.3 is 0 Å². The normalized spacial score (nSPS) is 10.2. The van der Waals surface area contributed by atoms with Crippen molar-refractivity contribution in [2.45, 2.75) is 4.90 Å². The molecule has 0 radical (unpaired) electrons. The van der Waals surface area contributed by atoms with Gasteiger partial charge in [0.1, 0.15) is 0 Å². The van der Waals surface area contributed by atoms with Crippen LogP contribution in [-0.4, -0.2) is 7.11 Å². The average Bonchev–Trinajstić information content (AvgIpc) is 1.99. The molecule has 0 bridgehead atoms. The molecule has 12 heavy (non-hydrogen) atoms. The molecule has 1 aromatic carbocycles. The van der Waals surface area contributed by atoms with Crippen molar-refractivity contribution in [1.29, 1.82) is 0 Å². The molecule has 0 saturated heterocycles. The predicted octanol–water partition coefficient (Wildman–Crippen LogP) is 3.48. The summed E-state index contributed by atoms with van der Waals surface area (Å²) < 4.78 is 7.13. The summed E-state index contributed by atoms with van der Waals surface area (Å²) in [6.45, 7) is 0. The standard InChI is InChI=1S/C7H6I2O2S/c1-10-11-12-7-3-5(8)2-6(9)4-7/h2-4H,1H3. The highest BCUT2D eigenvalue weighted by Crippen LogP contribution is 2.23. The van der Waals surface area contributed by atoms with Crippen LogP contribution in [0.25, 0.3) is 0 Å². The lowest BCUT2D eigenvalue weighted by Crippen LogP contribution is -1.81. The maximum Gasteiger partial charge on any atom is 0.0725 e. The fourth-order valence-electron chi connectivity index (χ4n) is 0.650. The summed E-state index contributed by atoms with van der Waals surface area (Å²) >= 11 is 5.75. The van der Waals surface area contributed by atoms with Gasteiger partial charge in [-0.3, -0.25) is 0 Å². The predicted molar refractivity (Wildman–Crippen MR) is 65.8 cm³/mol. The molecule has 0 fully saturated rings. The van der Waals surface area contributed by atoms with Gasteiger partial charge in [0, 0.05) is 12.0 Å². The maximum absolute atomic E-state index is 4.74. The zero-order valence-electron chi connectivity index (χ0n) is 6.21. The lowest BCUT2D eigenvalue weighted by atomic mass is 10.4. The smallest absolute Gasteiger partial charge is 0.0725 e. The van der Waals surface area contributed by atoms with Gasteiger partial charge in [-0.05, 0) is 63.4 Å². The van der Waals surface area contributed by atoms with Gasteiger partial charge in [0.25, 0.3) is 0 Å². The minimum Gasteiger partial charge on any atom is -0.227 e. The van der Waals surface area contributed by atoms with Crippen LogP contribution >= 0.6 is 57.2 Å². The van der Waals surface area contributed by atoms with E-state index in [1.165, 1.54) is 26.3 Å². The Bertz CT molecular complexity index is 247. The molecule has 0 amide bonds. The van der Waals surface area contributed by atoms with Crippen LogP contribution in [0.3, 0.4) is 0 Å². The zero-order valence-corrected chi connectivity index (χ0v) is 11.3. The number of rotatable bonds is 3. The zero-order chi connectivity index (χ0) is 8.97. The average molecular weight is 408 g/mol. The van der Waals surface area contributed by atoms with Crippen LogP contribution in [0.1, 0.15) is 0 Å². The van der Waals surface area contributed by atoms with Crippen molar-refractivity contribution in [2.75, 3.05) is 7.11 Å². The fraction of sp³-hybridized carbons (Fsp3) is 0.143. The molecule has 5 heteroatoms. The molecule has 0 heterocycles. The van der Waals surface area contributed by atoms with E-state index in [4.69, 9.17) is 4.33 Å². The number of hydrogen-bond donors (Lipinski definition) is 0. The lowest BCUT2D eigenvalue weighted by molar-refractivity contribution is -0.160. The fourth-order valence-corrected chi connectivity index (χ4v) is 3.51. The van der Waals surface area contributed by atoms with Crippen LogP contribution in [0.15, 0.2) is 23.1 Å². The summed E-state index contributed by atoms with van der Waals surface area (Å²) in [5.74, 6) is 0. The number of halogens is 2. The van der Waals surface area contributed by atoms with Crippen molar-refractivity contribution in [3.63, 3.8) is 0 Å². The van der Waals surface area contributed by atoms with Crippen LogP contribution < -0.4 is 0 Å². The van der Waals surface area contributed by atoms with E-state index in [1.54, 1.807) is 0 Å². The maximum atomic E-state index is 4.74. The highest BCUT2D eigenvalue weighted by molar-refractivity contribution is 14.1. The van der Waals surface area contributed by atoms with Crippen molar-refractivity contribution in [1.82, 2.24) is 0 Å². The van der Waals surface area contributed by atoms with Crippen molar-refractivity contribution in [3.05, 3.63) is 25.3 Å². The van der Waals surface area contributed by atoms with E-state index in [0.29, 0.717) is 0 Å². The van der Waals surface area contributed by atoms with Crippen LogP contribution in [0.4, 0.5) is 0 Å². The van der Waals surface area contributed by atoms with Gasteiger partial charge in [0.05, 0.1) is 19.2 Å². The third-order valence-corrected chi connectivity index (χ3v) is 2.91. The van der Waals surface area contributed by atoms with E-state index in [9.17, 15) is 0 Å². The van der Waals surface area contributed by atoms with Gasteiger partial charge in [-0.1, -0.05) is 0 Å². The largest absolute Gasteiger partial charge is 0.227 e. The highest BCUT2D eigenvalue weighted by Gasteiger charge is 1.98. The Morgan fingerprint density at radius 1 is 1.17 bits per heavy atom. The van der Waals surface area contributed by atoms with Crippen molar-refractivity contribution >= 4 is 57.2 Å². The highest BCUT2D eigenvalue weighted by atomic mass is 127. The molecular weight excluding hydrogens is 402 g/mol. The summed E-state index contributed by atoms with van der Waals surface area (Å²) in [5, 5.41) is 0. The van der Waals surface area contributed by atoms with Gasteiger partial charge in [0.2, 0.25) is 0 Å². The number of benzene rings is 1. The first-order valence-corrected chi connectivity index (χ1v) is 5.95. The first kappa shape index (κ1) is 11.0. The molecule has 0 N–H and O–H groups in total. The molecule has 0 unspecified atom stereocenters. The molecule has 0 aliphatic rings. The Labute approximate surface area is 103 Å². The minimum atomic E-state index is 1.05. The first-order valence-electron chi connectivity index (χ1n) is 3.06. The monoisotopic (exact) mass is 408 g/mol. The second-order valence-electron chi connectivity index (χ2n) is 1.92. The SMILES string of the molecule is COOSc1cc(I)cc(I)c1. The van der Waals surface area contributed by atoms with Crippen LogP contribution in [0, 0.1) is 7.14 Å². The van der Waals surface area contributed by atoms with Gasteiger partial charge in [-0.25, -0.2) is 4.89 Å². The molecule has 1 aromatic rings. The van der Waals surface area contributed by atoms with E-state index in [-0.39, 0.29) is 0 Å². The van der Waals surface area contributed by atoms with Gasteiger partial charge in [0.15, 0.2) is 0 Å². The van der Waals surface area contributed by atoms with E-state index in [1.807, 2.05) is 12.1 Å². The van der Waals surface area contributed by atoms with Crippen LogP contribution in [0.5, 0.6) is 0 Å². The third kappa shape index (κ3) is 3.77. The van der Waals surface area contributed by atoms with Gasteiger partial charge in [-0.15, -0.1) is 0 Å². The molecule has 0 aromatic heterocycles. The van der Waals surface area contributed by atoms with Crippen LogP contribution in [-0.2, 0) is 9.22 Å². The Kier molecular flexibility index (Phi) is 5.18. The van der Waals surface area contributed by atoms with Gasteiger partial charge in [-0.2, -0.15) is 4.33 Å². The third-order valence-electron chi connectivity index (χ3n) is 1.03. The molecule has 66 valence electrons. The Morgan fingerprint density at radius 3 is 2.25 bits per heavy atom. The van der Waals surface area contributed by atoms with Crippen molar-refractivity contribution < 1.29 is 9.22 Å². The quantitative estimate of drug-likeness (QED) is 0.331. The topological polar surface area (TPSA) is 18.5 Å². The molecule has 0 spiro atoms. The summed E-state index contributed by atoms with van der Waals surface area (Å²) in [7, 11) is 1.49. The minimum absolute atomic E-state index is 1.05. The van der Waals surface area contributed by atoms with E-state index in [2.05, 4.69) is 56.1 Å². The summed E-state index contributed by atoms with van der Waals surface area (Å²) in [6, 6.07) is 6.16. The Balaban J connectivity index is 2.72. The van der Waals surface area contributed by atoms with Crippen molar-refractivity contribution in [2.24, 2.45) is 0 Å². The Hall–Kier alpha value is 0.950. The van der Waals surface area contributed by atoms with E-state index >= 15 is 0 Å². The second-order valence-corrected chi connectivity index (χ2v) is 5.19. The number of hydrogen-bond acceptors (Lipinski definition) is 3. The molecule has 0 aliphatic heterocycles. The van der Waals surface area contributed by atoms with E-state index in [0.717, 1.165) is 4.90 Å². The lowest BCUT2D eigenvalue weighted by Gasteiger charge is -2.00. The van der Waals surface area contributed by atoms with E-state index < -0.39 is 0 Å². The summed E-state index contributed by atoms with van der Waals surface area (Å²) in [5.41, 5.74) is 0. The first-order chi connectivity index (χ1) is 5.72. The Morgan fingerprint density at radius 2 is 1.75 bits per heavy atom. The van der Waals surface area contributed by atoms with Crippen molar-refractivity contribution in [3.8, 4) is 0 Å². The van der Waals surface area contributed by atoms with Crippen LogP contribution in [0.2, 0.25) is 0 Å². The summed E-state index contributed by atoms with van der Waals surface area (Å²) in [4.78, 5) is 5.53. The molecule has 0 aliphatic carbocycles. The molecular formula is C7H6I2O2S. The van der Waals surface area contributed by atoms with Gasteiger partial charge < -0.3 is 0 Å².